The molecule has 0 aliphatic rings. The van der Waals surface area contributed by atoms with Crippen molar-refractivity contribution in [1.82, 2.24) is 4.98 Å². The zero-order chi connectivity index (χ0) is 23.3. The van der Waals surface area contributed by atoms with Crippen LogP contribution in [0.5, 0.6) is 5.75 Å². The Hall–Kier alpha value is -3.69. The van der Waals surface area contributed by atoms with E-state index in [2.05, 4.69) is 10.3 Å². The van der Waals surface area contributed by atoms with Crippen molar-refractivity contribution in [2.24, 2.45) is 0 Å². The van der Waals surface area contributed by atoms with Crippen LogP contribution in [0.3, 0.4) is 0 Å². The monoisotopic (exact) mass is 480 g/mol. The molecule has 2 aromatic heterocycles. The lowest BCUT2D eigenvalue weighted by Crippen LogP contribution is -2.07. The van der Waals surface area contributed by atoms with Gasteiger partial charge in [0.15, 0.2) is 15.0 Å². The lowest BCUT2D eigenvalue weighted by Gasteiger charge is -2.03. The number of hydrogen-bond donors (Lipinski definition) is 1. The minimum atomic E-state index is -3.51. The van der Waals surface area contributed by atoms with Crippen LogP contribution >= 0.6 is 11.3 Å². The van der Waals surface area contributed by atoms with Gasteiger partial charge in [0, 0.05) is 17.0 Å². The number of sulfone groups is 1. The molecule has 4 rings (SSSR count). The largest absolute Gasteiger partial charge is 0.497 e. The number of nitrogens with zero attached hydrogens (tertiary/aromatic N) is 1. The first-order valence-corrected chi connectivity index (χ1v) is 12.4. The third-order valence-electron chi connectivity index (χ3n) is 4.70. The third kappa shape index (κ3) is 5.76. The minimum absolute atomic E-state index is 0.189. The Bertz CT molecular complexity index is 1360. The minimum Gasteiger partial charge on any atom is -0.497 e. The number of rotatable bonds is 8. The van der Waals surface area contributed by atoms with Crippen molar-refractivity contribution >= 4 is 38.3 Å². The maximum absolute atomic E-state index is 12.5. The van der Waals surface area contributed by atoms with Gasteiger partial charge in [-0.2, -0.15) is 0 Å². The summed E-state index contributed by atoms with van der Waals surface area (Å²) in [4.78, 5) is 16.9. The topological polar surface area (TPSA) is 98.5 Å². The smallest absolute Gasteiger partial charge is 0.250 e. The van der Waals surface area contributed by atoms with E-state index in [-0.39, 0.29) is 16.6 Å². The Kier molecular flexibility index (Phi) is 6.71. The predicted molar refractivity (Wildman–Crippen MR) is 128 cm³/mol. The quantitative estimate of drug-likeness (QED) is 0.355. The molecule has 1 amide bonds. The normalized spacial score (nSPS) is 11.5. The fourth-order valence-corrected chi connectivity index (χ4v) is 4.97. The number of carbonyl (C=O) groups excluding carboxylic acids is 1. The van der Waals surface area contributed by atoms with Crippen LogP contribution in [0, 0.1) is 0 Å². The van der Waals surface area contributed by atoms with Gasteiger partial charge >= 0.3 is 0 Å². The van der Waals surface area contributed by atoms with Gasteiger partial charge in [0.1, 0.15) is 17.3 Å². The van der Waals surface area contributed by atoms with Gasteiger partial charge in [-0.25, -0.2) is 13.4 Å². The molecule has 9 heteroatoms. The van der Waals surface area contributed by atoms with E-state index >= 15 is 0 Å². The van der Waals surface area contributed by atoms with Crippen LogP contribution in [0.15, 0.2) is 87.7 Å². The summed E-state index contributed by atoms with van der Waals surface area (Å²) >= 11 is 1.33. The van der Waals surface area contributed by atoms with E-state index in [1.54, 1.807) is 37.5 Å². The summed E-state index contributed by atoms with van der Waals surface area (Å²) in [5.74, 6) is 0.605. The number of hydrogen-bond acceptors (Lipinski definition) is 7. The highest BCUT2D eigenvalue weighted by Crippen LogP contribution is 2.26. The van der Waals surface area contributed by atoms with E-state index in [0.29, 0.717) is 16.5 Å². The molecule has 0 spiro atoms. The molecular formula is C24H20N2O5S2. The van der Waals surface area contributed by atoms with Gasteiger partial charge in [0.05, 0.1) is 24.0 Å². The molecule has 2 aromatic carbocycles. The van der Waals surface area contributed by atoms with Crippen LogP contribution in [-0.4, -0.2) is 26.4 Å². The van der Waals surface area contributed by atoms with Crippen LogP contribution in [0.25, 0.3) is 17.3 Å². The van der Waals surface area contributed by atoms with Crippen molar-refractivity contribution in [3.05, 3.63) is 89.7 Å². The van der Waals surface area contributed by atoms with Gasteiger partial charge in [-0.3, -0.25) is 10.1 Å². The first kappa shape index (κ1) is 22.5. The molecule has 0 saturated heterocycles. The van der Waals surface area contributed by atoms with Crippen LogP contribution < -0.4 is 10.1 Å². The summed E-state index contributed by atoms with van der Waals surface area (Å²) in [5, 5.41) is 5.08. The molecule has 0 aliphatic heterocycles. The van der Waals surface area contributed by atoms with Crippen molar-refractivity contribution in [3.63, 3.8) is 0 Å². The van der Waals surface area contributed by atoms with Gasteiger partial charge in [0.2, 0.25) is 5.91 Å². The number of methoxy groups -OCH3 is 1. The molecule has 2 heterocycles. The first-order chi connectivity index (χ1) is 15.9. The van der Waals surface area contributed by atoms with E-state index in [0.717, 1.165) is 17.0 Å². The number of benzene rings is 2. The molecule has 33 heavy (non-hydrogen) atoms. The highest BCUT2D eigenvalue weighted by atomic mass is 32.2. The van der Waals surface area contributed by atoms with Crippen LogP contribution in [0.2, 0.25) is 0 Å². The molecule has 168 valence electrons. The van der Waals surface area contributed by atoms with Crippen LogP contribution in [0.1, 0.15) is 11.3 Å². The average molecular weight is 481 g/mol. The van der Waals surface area contributed by atoms with Gasteiger partial charge in [-0.05, 0) is 60.2 Å². The van der Waals surface area contributed by atoms with Gasteiger partial charge in [-0.15, -0.1) is 11.3 Å². The highest BCUT2D eigenvalue weighted by Gasteiger charge is 2.16. The predicted octanol–water partition coefficient (Wildman–Crippen LogP) is 5.04. The number of nitrogens with one attached hydrogen (secondary N) is 1. The fourth-order valence-electron chi connectivity index (χ4n) is 3.00. The average Bonchev–Trinajstić information content (AvgIpc) is 3.50. The number of furan rings is 1. The van der Waals surface area contributed by atoms with Crippen LogP contribution in [0.4, 0.5) is 5.13 Å². The molecule has 0 unspecified atom stereocenters. The summed E-state index contributed by atoms with van der Waals surface area (Å²) in [6.07, 6.45) is 4.42. The van der Waals surface area contributed by atoms with E-state index in [1.165, 1.54) is 35.8 Å². The van der Waals surface area contributed by atoms with Crippen molar-refractivity contribution in [3.8, 4) is 17.0 Å². The van der Waals surface area contributed by atoms with Crippen molar-refractivity contribution in [1.29, 1.82) is 0 Å². The second-order valence-electron chi connectivity index (χ2n) is 7.00. The summed E-state index contributed by atoms with van der Waals surface area (Å²) in [7, 11) is -1.90. The molecular weight excluding hydrogens is 460 g/mol. The van der Waals surface area contributed by atoms with E-state index in [9.17, 15) is 13.2 Å². The molecule has 0 saturated carbocycles. The molecule has 7 nitrogen and oxygen atoms in total. The molecule has 1 N–H and O–H groups in total. The summed E-state index contributed by atoms with van der Waals surface area (Å²) in [6.45, 7) is 0. The number of anilines is 1. The molecule has 4 aromatic rings. The fraction of sp³-hybridized carbons (Fsp3) is 0.0833. The van der Waals surface area contributed by atoms with Gasteiger partial charge < -0.3 is 9.15 Å². The number of amides is 1. The molecule has 0 atom stereocenters. The van der Waals surface area contributed by atoms with Gasteiger partial charge in [0.25, 0.3) is 0 Å². The van der Waals surface area contributed by atoms with Crippen molar-refractivity contribution in [2.45, 2.75) is 10.6 Å². The second-order valence-corrected chi connectivity index (χ2v) is 9.84. The summed E-state index contributed by atoms with van der Waals surface area (Å²) < 4.78 is 35.2. The molecule has 0 radical (unpaired) electrons. The standard InChI is InChI=1S/C24H20N2O5S2/c1-30-19-9-7-18(8-10-19)22-15-32-24(25-22)26-23(27)13-6-17-4-11-21(12-5-17)33(28,29)16-20-3-2-14-31-20/h2-15H,16H2,1H3,(H,25,26,27). The number of carbonyl (C=O) groups is 1. The lowest BCUT2D eigenvalue weighted by atomic mass is 10.2. The van der Waals surface area contributed by atoms with E-state index < -0.39 is 9.84 Å². The molecule has 0 fully saturated rings. The zero-order valence-electron chi connectivity index (χ0n) is 17.6. The maximum atomic E-state index is 12.5. The zero-order valence-corrected chi connectivity index (χ0v) is 19.2. The van der Waals surface area contributed by atoms with Crippen molar-refractivity contribution in [2.75, 3.05) is 12.4 Å². The Labute approximate surface area is 195 Å². The molecule has 0 aliphatic carbocycles. The van der Waals surface area contributed by atoms with E-state index in [1.807, 2.05) is 29.6 Å². The summed E-state index contributed by atoms with van der Waals surface area (Å²) in [5.41, 5.74) is 2.37. The van der Waals surface area contributed by atoms with Crippen LogP contribution in [-0.2, 0) is 20.4 Å². The SMILES string of the molecule is COc1ccc(-c2csc(NC(=O)C=Cc3ccc(S(=O)(=O)Cc4ccco4)cc3)n2)cc1. The highest BCUT2D eigenvalue weighted by molar-refractivity contribution is 7.90. The third-order valence-corrected chi connectivity index (χ3v) is 7.11. The van der Waals surface area contributed by atoms with E-state index in [4.69, 9.17) is 9.15 Å². The van der Waals surface area contributed by atoms with Gasteiger partial charge in [-0.1, -0.05) is 12.1 Å². The maximum Gasteiger partial charge on any atom is 0.250 e. The Morgan fingerprint density at radius 3 is 2.55 bits per heavy atom. The lowest BCUT2D eigenvalue weighted by molar-refractivity contribution is -0.111. The number of thiazole rings is 1. The first-order valence-electron chi connectivity index (χ1n) is 9.87. The molecule has 0 bridgehead atoms. The Balaban J connectivity index is 1.36. The number of ether oxygens (including phenoxy) is 1. The Morgan fingerprint density at radius 1 is 1.12 bits per heavy atom. The Morgan fingerprint density at radius 2 is 1.88 bits per heavy atom. The second kappa shape index (κ2) is 9.85. The number of aromatic nitrogens is 1. The summed E-state index contributed by atoms with van der Waals surface area (Å²) in [6, 6.07) is 17.1. The van der Waals surface area contributed by atoms with Crippen molar-refractivity contribution < 1.29 is 22.4 Å².